The van der Waals surface area contributed by atoms with Gasteiger partial charge in [-0.1, -0.05) is 30.3 Å². The molecule has 1 aliphatic heterocycles. The van der Waals surface area contributed by atoms with Gasteiger partial charge in [-0.25, -0.2) is 4.79 Å². The van der Waals surface area contributed by atoms with Crippen molar-refractivity contribution < 1.29 is 32.2 Å². The first-order valence-electron chi connectivity index (χ1n) is 8.42. The summed E-state index contributed by atoms with van der Waals surface area (Å²) < 4.78 is 51.3. The SMILES string of the molecule is NC(=O)Oc1cc(C(=O)N2CCOCC2)c(-c2ccccc2)c(C(F)(F)F)c1. The van der Waals surface area contributed by atoms with Crippen LogP contribution in [-0.4, -0.2) is 43.2 Å². The lowest BCUT2D eigenvalue weighted by Crippen LogP contribution is -2.41. The summed E-state index contributed by atoms with van der Waals surface area (Å²) in [6, 6.07) is 9.55. The number of nitrogens with zero attached hydrogens (tertiary/aromatic N) is 1. The summed E-state index contributed by atoms with van der Waals surface area (Å²) in [7, 11) is 0. The highest BCUT2D eigenvalue weighted by molar-refractivity contribution is 6.02. The van der Waals surface area contributed by atoms with Gasteiger partial charge in [-0.15, -0.1) is 0 Å². The number of nitrogens with two attached hydrogens (primary N) is 1. The molecule has 3 rings (SSSR count). The maximum atomic E-state index is 13.8. The fraction of sp³-hybridized carbons (Fsp3) is 0.263. The molecule has 2 aromatic rings. The molecule has 148 valence electrons. The average molecular weight is 394 g/mol. The lowest BCUT2D eigenvalue weighted by molar-refractivity contribution is -0.137. The first kappa shape index (κ1) is 19.7. The Balaban J connectivity index is 2.23. The van der Waals surface area contributed by atoms with E-state index in [1.165, 1.54) is 17.0 Å². The summed E-state index contributed by atoms with van der Waals surface area (Å²) >= 11 is 0. The van der Waals surface area contributed by atoms with E-state index in [0.717, 1.165) is 6.07 Å². The van der Waals surface area contributed by atoms with E-state index in [2.05, 4.69) is 4.74 Å². The van der Waals surface area contributed by atoms with Gasteiger partial charge in [0.05, 0.1) is 24.3 Å². The van der Waals surface area contributed by atoms with Crippen LogP contribution in [0.2, 0.25) is 0 Å². The Morgan fingerprint density at radius 1 is 1.07 bits per heavy atom. The Hall–Kier alpha value is -3.07. The monoisotopic (exact) mass is 394 g/mol. The minimum Gasteiger partial charge on any atom is -0.410 e. The number of primary amides is 1. The predicted molar refractivity (Wildman–Crippen MR) is 93.8 cm³/mol. The van der Waals surface area contributed by atoms with Crippen LogP contribution in [0.4, 0.5) is 18.0 Å². The highest BCUT2D eigenvalue weighted by Gasteiger charge is 2.37. The van der Waals surface area contributed by atoms with Crippen LogP contribution < -0.4 is 10.5 Å². The number of rotatable bonds is 3. The van der Waals surface area contributed by atoms with E-state index in [1.54, 1.807) is 18.2 Å². The summed E-state index contributed by atoms with van der Waals surface area (Å²) in [4.78, 5) is 25.5. The first-order chi connectivity index (χ1) is 13.3. The Morgan fingerprint density at radius 3 is 2.29 bits per heavy atom. The fourth-order valence-corrected chi connectivity index (χ4v) is 3.04. The van der Waals surface area contributed by atoms with Crippen LogP contribution in [0.1, 0.15) is 15.9 Å². The molecule has 0 atom stereocenters. The summed E-state index contributed by atoms with van der Waals surface area (Å²) in [5.41, 5.74) is 3.58. The zero-order valence-corrected chi connectivity index (χ0v) is 14.7. The van der Waals surface area contributed by atoms with Crippen LogP contribution in [0.15, 0.2) is 42.5 Å². The van der Waals surface area contributed by atoms with Crippen LogP contribution in [0.5, 0.6) is 5.75 Å². The lowest BCUT2D eigenvalue weighted by atomic mass is 9.92. The molecule has 0 spiro atoms. The Kier molecular flexibility index (Phi) is 5.55. The highest BCUT2D eigenvalue weighted by atomic mass is 19.4. The third kappa shape index (κ3) is 4.25. The average Bonchev–Trinajstić information content (AvgIpc) is 2.67. The topological polar surface area (TPSA) is 81.9 Å². The van der Waals surface area contributed by atoms with Gasteiger partial charge >= 0.3 is 12.3 Å². The maximum absolute atomic E-state index is 13.8. The van der Waals surface area contributed by atoms with Crippen molar-refractivity contribution in [2.45, 2.75) is 6.18 Å². The van der Waals surface area contributed by atoms with E-state index in [1.807, 2.05) is 0 Å². The Morgan fingerprint density at radius 2 is 1.71 bits per heavy atom. The summed E-state index contributed by atoms with van der Waals surface area (Å²) in [5.74, 6) is -1.06. The predicted octanol–water partition coefficient (Wildman–Crippen LogP) is 3.30. The maximum Gasteiger partial charge on any atom is 0.417 e. The minimum absolute atomic E-state index is 0.219. The number of morpholine rings is 1. The minimum atomic E-state index is -4.79. The number of carbonyl (C=O) groups excluding carboxylic acids is 2. The van der Waals surface area contributed by atoms with Crippen LogP contribution in [0.3, 0.4) is 0 Å². The molecular formula is C19H17F3N2O4. The van der Waals surface area contributed by atoms with Gasteiger partial charge in [0, 0.05) is 18.7 Å². The number of carbonyl (C=O) groups is 2. The molecule has 0 unspecified atom stereocenters. The molecular weight excluding hydrogens is 377 g/mol. The van der Waals surface area contributed by atoms with Crippen LogP contribution in [-0.2, 0) is 10.9 Å². The van der Waals surface area contributed by atoms with E-state index >= 15 is 0 Å². The second-order valence-electron chi connectivity index (χ2n) is 6.08. The molecule has 6 nitrogen and oxygen atoms in total. The van der Waals surface area contributed by atoms with E-state index in [9.17, 15) is 22.8 Å². The Bertz CT molecular complexity index is 879. The molecule has 0 aromatic heterocycles. The van der Waals surface area contributed by atoms with Gasteiger partial charge < -0.3 is 20.1 Å². The normalized spacial score (nSPS) is 14.6. The molecule has 1 aliphatic rings. The van der Waals surface area contributed by atoms with Crippen molar-refractivity contribution in [1.29, 1.82) is 0 Å². The quantitative estimate of drug-likeness (QED) is 0.866. The highest BCUT2D eigenvalue weighted by Crippen LogP contribution is 2.42. The van der Waals surface area contributed by atoms with Crippen LogP contribution in [0.25, 0.3) is 11.1 Å². The van der Waals surface area contributed by atoms with Crippen molar-refractivity contribution in [3.05, 3.63) is 53.6 Å². The van der Waals surface area contributed by atoms with E-state index < -0.39 is 29.5 Å². The summed E-state index contributed by atoms with van der Waals surface area (Å²) in [5, 5.41) is 0. The largest absolute Gasteiger partial charge is 0.417 e. The second kappa shape index (κ2) is 7.89. The molecule has 0 radical (unpaired) electrons. The molecule has 1 fully saturated rings. The van der Waals surface area contributed by atoms with E-state index in [0.29, 0.717) is 6.07 Å². The third-order valence-electron chi connectivity index (χ3n) is 4.23. The summed E-state index contributed by atoms with van der Waals surface area (Å²) in [6.45, 7) is 1.07. The van der Waals surface area contributed by atoms with Gasteiger partial charge in [-0.2, -0.15) is 13.2 Å². The second-order valence-corrected chi connectivity index (χ2v) is 6.08. The number of alkyl halides is 3. The number of benzene rings is 2. The molecule has 2 N–H and O–H groups in total. The van der Waals surface area contributed by atoms with Crippen LogP contribution in [0, 0.1) is 0 Å². The molecule has 2 aromatic carbocycles. The van der Waals surface area contributed by atoms with Gasteiger partial charge in [-0.3, -0.25) is 4.79 Å². The zero-order valence-electron chi connectivity index (χ0n) is 14.7. The van der Waals surface area contributed by atoms with Crippen molar-refractivity contribution in [3.8, 4) is 16.9 Å². The summed E-state index contributed by atoms with van der Waals surface area (Å²) in [6.07, 6.45) is -6.06. The molecule has 28 heavy (non-hydrogen) atoms. The molecule has 1 heterocycles. The number of ether oxygens (including phenoxy) is 2. The molecule has 2 amide bonds. The molecule has 0 bridgehead atoms. The van der Waals surface area contributed by atoms with Gasteiger partial charge in [0.2, 0.25) is 0 Å². The number of hydrogen-bond acceptors (Lipinski definition) is 4. The van der Waals surface area contributed by atoms with Crippen molar-refractivity contribution in [1.82, 2.24) is 4.90 Å². The number of amides is 2. The first-order valence-corrected chi connectivity index (χ1v) is 8.42. The molecule has 0 aliphatic carbocycles. The molecule has 1 saturated heterocycles. The third-order valence-corrected chi connectivity index (χ3v) is 4.23. The standard InChI is InChI=1S/C19H17F3N2O4/c20-19(21,22)15-11-13(28-18(23)26)10-14(16(15)12-4-2-1-3-5-12)17(25)24-6-8-27-9-7-24/h1-5,10-11H,6-9H2,(H2,23,26). The lowest BCUT2D eigenvalue weighted by Gasteiger charge is -2.28. The van der Waals surface area contributed by atoms with Gasteiger partial charge in [-0.05, 0) is 17.7 Å². The zero-order chi connectivity index (χ0) is 20.3. The van der Waals surface area contributed by atoms with E-state index in [4.69, 9.17) is 10.5 Å². The fourth-order valence-electron chi connectivity index (χ4n) is 3.04. The molecule has 9 heteroatoms. The van der Waals surface area contributed by atoms with Crippen molar-refractivity contribution in [2.75, 3.05) is 26.3 Å². The van der Waals surface area contributed by atoms with Crippen molar-refractivity contribution >= 4 is 12.0 Å². The van der Waals surface area contributed by atoms with Gasteiger partial charge in [0.15, 0.2) is 0 Å². The Labute approximate surface area is 158 Å². The van der Waals surface area contributed by atoms with E-state index in [-0.39, 0.29) is 43.0 Å². The van der Waals surface area contributed by atoms with Gasteiger partial charge in [0.1, 0.15) is 5.75 Å². The van der Waals surface area contributed by atoms with Crippen molar-refractivity contribution in [3.63, 3.8) is 0 Å². The van der Waals surface area contributed by atoms with Gasteiger partial charge in [0.25, 0.3) is 5.91 Å². The van der Waals surface area contributed by atoms with Crippen molar-refractivity contribution in [2.24, 2.45) is 5.73 Å². The molecule has 0 saturated carbocycles. The number of hydrogen-bond donors (Lipinski definition) is 1. The smallest absolute Gasteiger partial charge is 0.410 e. The van der Waals surface area contributed by atoms with Crippen LogP contribution >= 0.6 is 0 Å². The number of halogens is 3.